The highest BCUT2D eigenvalue weighted by Gasteiger charge is 2.28. The van der Waals surface area contributed by atoms with Crippen LogP contribution in [0.3, 0.4) is 0 Å². The molecule has 0 heterocycles. The highest BCUT2D eigenvalue weighted by Crippen LogP contribution is 2.19. The Bertz CT molecular complexity index is 504. The molecular weight excluding hydrogens is 323 g/mol. The van der Waals surface area contributed by atoms with E-state index in [0.29, 0.717) is 19.1 Å². The summed E-state index contributed by atoms with van der Waals surface area (Å²) in [5.41, 5.74) is 0.867. The topological polar surface area (TPSA) is 54.9 Å². The molecule has 136 valence electrons. The normalized spacial score (nSPS) is 13.5. The number of halogens is 3. The summed E-state index contributed by atoms with van der Waals surface area (Å²) in [6.07, 6.45) is -4.34. The Labute approximate surface area is 140 Å². The lowest BCUT2D eigenvalue weighted by Crippen LogP contribution is -2.43. The molecule has 1 aromatic carbocycles. The molecule has 0 amide bonds. The predicted octanol–water partition coefficient (Wildman–Crippen LogP) is 2.72. The van der Waals surface area contributed by atoms with Crippen LogP contribution in [-0.4, -0.2) is 45.0 Å². The molecule has 8 heteroatoms. The fourth-order valence-corrected chi connectivity index (χ4v) is 1.87. The van der Waals surface area contributed by atoms with Gasteiger partial charge >= 0.3 is 6.18 Å². The summed E-state index contributed by atoms with van der Waals surface area (Å²) >= 11 is 0. The molecule has 0 saturated carbocycles. The Hall–Kier alpha value is -1.96. The van der Waals surface area contributed by atoms with Gasteiger partial charge in [-0.25, -0.2) is 4.99 Å². The van der Waals surface area contributed by atoms with E-state index in [2.05, 4.69) is 20.4 Å². The van der Waals surface area contributed by atoms with Crippen LogP contribution in [0, 0.1) is 0 Å². The van der Waals surface area contributed by atoms with Crippen LogP contribution >= 0.6 is 0 Å². The summed E-state index contributed by atoms with van der Waals surface area (Å²) in [6, 6.07) is 6.50. The van der Waals surface area contributed by atoms with E-state index in [-0.39, 0.29) is 11.8 Å². The maximum absolute atomic E-state index is 12.1. The van der Waals surface area contributed by atoms with E-state index in [0.717, 1.165) is 12.1 Å². The maximum atomic E-state index is 12.1. The fourth-order valence-electron chi connectivity index (χ4n) is 1.87. The number of hydrogen-bond donors (Lipinski definition) is 2. The second-order valence-electron chi connectivity index (χ2n) is 5.24. The summed E-state index contributed by atoms with van der Waals surface area (Å²) < 4.78 is 46.0. The molecule has 0 saturated heterocycles. The number of nitrogens with zero attached hydrogens (tertiary/aromatic N) is 1. The summed E-state index contributed by atoms with van der Waals surface area (Å²) in [5.74, 6) is 0.832. The van der Waals surface area contributed by atoms with E-state index in [9.17, 15) is 13.2 Å². The third-order valence-corrected chi connectivity index (χ3v) is 2.89. The number of aliphatic imine (C=N–C) groups is 1. The Morgan fingerprint density at radius 2 is 1.92 bits per heavy atom. The summed E-state index contributed by atoms with van der Waals surface area (Å²) in [6.45, 7) is 4.31. The Morgan fingerprint density at radius 1 is 1.25 bits per heavy atom. The molecule has 0 aliphatic rings. The average molecular weight is 347 g/mol. The number of ether oxygens (including phenoxy) is 2. The Balaban J connectivity index is 2.59. The van der Waals surface area contributed by atoms with Crippen LogP contribution in [0.25, 0.3) is 0 Å². The summed E-state index contributed by atoms with van der Waals surface area (Å²) in [7, 11) is 1.63. The third-order valence-electron chi connectivity index (χ3n) is 2.89. The van der Waals surface area contributed by atoms with Crippen LogP contribution in [0.1, 0.15) is 19.4 Å². The lowest BCUT2D eigenvalue weighted by Gasteiger charge is -2.17. The monoisotopic (exact) mass is 347 g/mol. The second-order valence-corrected chi connectivity index (χ2v) is 5.24. The molecule has 0 bridgehead atoms. The van der Waals surface area contributed by atoms with E-state index in [1.54, 1.807) is 19.2 Å². The summed E-state index contributed by atoms with van der Waals surface area (Å²) in [4.78, 5) is 4.44. The first kappa shape index (κ1) is 20.1. The van der Waals surface area contributed by atoms with Crippen LogP contribution in [0.15, 0.2) is 29.3 Å². The van der Waals surface area contributed by atoms with Crippen molar-refractivity contribution in [2.24, 2.45) is 4.99 Å². The molecule has 0 radical (unpaired) electrons. The van der Waals surface area contributed by atoms with Gasteiger partial charge in [0.15, 0.2) is 12.6 Å². The average Bonchev–Trinajstić information content (AvgIpc) is 2.51. The molecule has 0 aromatic heterocycles. The van der Waals surface area contributed by atoms with Gasteiger partial charge in [-0.1, -0.05) is 12.1 Å². The minimum atomic E-state index is -4.34. The Morgan fingerprint density at radius 3 is 2.46 bits per heavy atom. The largest absolute Gasteiger partial charge is 0.484 e. The first-order valence-electron chi connectivity index (χ1n) is 7.66. The molecule has 0 aliphatic heterocycles. The molecule has 2 N–H and O–H groups in total. The number of methoxy groups -OCH3 is 1. The van der Waals surface area contributed by atoms with E-state index >= 15 is 0 Å². The number of rotatable bonds is 8. The van der Waals surface area contributed by atoms with Crippen molar-refractivity contribution in [1.82, 2.24) is 10.6 Å². The predicted molar refractivity (Wildman–Crippen MR) is 87.3 cm³/mol. The molecule has 0 spiro atoms. The van der Waals surface area contributed by atoms with Gasteiger partial charge in [0.1, 0.15) is 5.75 Å². The molecule has 1 atom stereocenters. The van der Waals surface area contributed by atoms with Gasteiger partial charge < -0.3 is 20.1 Å². The van der Waals surface area contributed by atoms with Crippen molar-refractivity contribution in [2.45, 2.75) is 32.6 Å². The number of alkyl halides is 3. The number of benzene rings is 1. The van der Waals surface area contributed by atoms with Crippen LogP contribution in [0.2, 0.25) is 0 Å². The van der Waals surface area contributed by atoms with Crippen molar-refractivity contribution >= 4 is 5.96 Å². The van der Waals surface area contributed by atoms with E-state index in [1.165, 1.54) is 12.1 Å². The number of guanidine groups is 1. The van der Waals surface area contributed by atoms with E-state index in [1.807, 2.05) is 13.8 Å². The zero-order chi connectivity index (χ0) is 18.0. The third kappa shape index (κ3) is 8.61. The van der Waals surface area contributed by atoms with Gasteiger partial charge in [0.2, 0.25) is 0 Å². The highest BCUT2D eigenvalue weighted by atomic mass is 19.4. The Kier molecular flexibility index (Phi) is 8.39. The van der Waals surface area contributed by atoms with Crippen molar-refractivity contribution < 1.29 is 22.6 Å². The van der Waals surface area contributed by atoms with Crippen LogP contribution in [0.5, 0.6) is 5.75 Å². The molecule has 5 nitrogen and oxygen atoms in total. The molecule has 1 aromatic rings. The minimum absolute atomic E-state index is 0.103. The zero-order valence-corrected chi connectivity index (χ0v) is 14.1. The highest BCUT2D eigenvalue weighted by molar-refractivity contribution is 5.80. The number of hydrogen-bond acceptors (Lipinski definition) is 3. The van der Waals surface area contributed by atoms with Gasteiger partial charge in [0.05, 0.1) is 13.2 Å². The van der Waals surface area contributed by atoms with Crippen molar-refractivity contribution in [3.05, 3.63) is 29.8 Å². The lowest BCUT2D eigenvalue weighted by molar-refractivity contribution is -0.153. The molecule has 1 unspecified atom stereocenters. The molecule has 24 heavy (non-hydrogen) atoms. The fraction of sp³-hybridized carbons (Fsp3) is 0.562. The SMILES string of the molecule is CCNC(=NCc1ccc(OCC(F)(F)F)cc1)NC(C)COC. The van der Waals surface area contributed by atoms with Crippen molar-refractivity contribution in [2.75, 3.05) is 26.9 Å². The molecule has 1 rings (SSSR count). The molecule has 0 aliphatic carbocycles. The zero-order valence-electron chi connectivity index (χ0n) is 14.1. The van der Waals surface area contributed by atoms with Gasteiger partial charge in [0.25, 0.3) is 0 Å². The van der Waals surface area contributed by atoms with Crippen LogP contribution in [-0.2, 0) is 11.3 Å². The van der Waals surface area contributed by atoms with Gasteiger partial charge in [-0.2, -0.15) is 13.2 Å². The van der Waals surface area contributed by atoms with Crippen molar-refractivity contribution in [3.63, 3.8) is 0 Å². The number of nitrogens with one attached hydrogen (secondary N) is 2. The van der Waals surface area contributed by atoms with Crippen LogP contribution < -0.4 is 15.4 Å². The lowest BCUT2D eigenvalue weighted by atomic mass is 10.2. The molecular formula is C16H24F3N3O2. The van der Waals surface area contributed by atoms with E-state index in [4.69, 9.17) is 4.74 Å². The molecule has 0 fully saturated rings. The van der Waals surface area contributed by atoms with Gasteiger partial charge in [-0.15, -0.1) is 0 Å². The standard InChI is InChI=1S/C16H24F3N3O2/c1-4-20-15(22-12(2)10-23-3)21-9-13-5-7-14(8-6-13)24-11-16(17,18)19/h5-8,12H,4,9-11H2,1-3H3,(H2,20,21,22). The first-order chi connectivity index (χ1) is 11.3. The van der Waals surface area contributed by atoms with Crippen LogP contribution in [0.4, 0.5) is 13.2 Å². The quantitative estimate of drug-likeness (QED) is 0.561. The second kappa shape index (κ2) is 10.0. The maximum Gasteiger partial charge on any atom is 0.422 e. The van der Waals surface area contributed by atoms with Gasteiger partial charge in [-0.3, -0.25) is 0 Å². The van der Waals surface area contributed by atoms with Crippen molar-refractivity contribution in [3.8, 4) is 5.75 Å². The smallest absolute Gasteiger partial charge is 0.422 e. The van der Waals surface area contributed by atoms with Crippen molar-refractivity contribution in [1.29, 1.82) is 0 Å². The minimum Gasteiger partial charge on any atom is -0.484 e. The van der Waals surface area contributed by atoms with Gasteiger partial charge in [-0.05, 0) is 31.5 Å². The first-order valence-corrected chi connectivity index (χ1v) is 7.66. The summed E-state index contributed by atoms with van der Waals surface area (Å²) in [5, 5.41) is 6.33. The van der Waals surface area contributed by atoms with Gasteiger partial charge in [0, 0.05) is 19.7 Å². The van der Waals surface area contributed by atoms with E-state index < -0.39 is 12.8 Å².